The van der Waals surface area contributed by atoms with Gasteiger partial charge in [0, 0.05) is 43.7 Å². The Kier molecular flexibility index (Phi) is 2.70. The third-order valence-electron chi connectivity index (χ3n) is 5.24. The molecule has 0 radical (unpaired) electrons. The van der Waals surface area contributed by atoms with Crippen LogP contribution in [0.25, 0.3) is 0 Å². The summed E-state index contributed by atoms with van der Waals surface area (Å²) in [6.45, 7) is 7.94. The zero-order valence-electron chi connectivity index (χ0n) is 11.7. The van der Waals surface area contributed by atoms with Crippen LogP contribution in [0.15, 0.2) is 28.7 Å². The smallest absolute Gasteiger partial charge is 0.154 e. The van der Waals surface area contributed by atoms with E-state index in [0.29, 0.717) is 5.78 Å². The fourth-order valence-electron chi connectivity index (χ4n) is 4.57. The lowest BCUT2D eigenvalue weighted by molar-refractivity contribution is -0.146. The predicted molar refractivity (Wildman–Crippen MR) is 81.8 cm³/mol. The van der Waals surface area contributed by atoms with Crippen LogP contribution in [-0.2, 0) is 10.2 Å². The van der Waals surface area contributed by atoms with Crippen molar-refractivity contribution in [1.29, 1.82) is 0 Å². The van der Waals surface area contributed by atoms with Crippen molar-refractivity contribution in [2.24, 2.45) is 5.41 Å². The van der Waals surface area contributed by atoms with Crippen LogP contribution < -0.4 is 0 Å². The normalized spacial score (nSPS) is 42.8. The number of ketones is 1. The molecule has 4 aliphatic rings. The van der Waals surface area contributed by atoms with Crippen molar-refractivity contribution in [2.45, 2.75) is 12.3 Å². The van der Waals surface area contributed by atoms with Gasteiger partial charge in [-0.3, -0.25) is 14.6 Å². The summed E-state index contributed by atoms with van der Waals surface area (Å²) in [6.07, 6.45) is 0. The Bertz CT molecular complexity index is 570. The van der Waals surface area contributed by atoms with Gasteiger partial charge in [-0.05, 0) is 11.6 Å². The minimum Gasteiger partial charge on any atom is -0.300 e. The van der Waals surface area contributed by atoms with Gasteiger partial charge >= 0.3 is 0 Å². The van der Waals surface area contributed by atoms with E-state index < -0.39 is 0 Å². The highest BCUT2D eigenvalue weighted by molar-refractivity contribution is 9.10. The first-order valence-electron chi connectivity index (χ1n) is 7.28. The van der Waals surface area contributed by atoms with Crippen LogP contribution in [0, 0.1) is 5.41 Å². The molecule has 1 aromatic carbocycles. The van der Waals surface area contributed by atoms with Crippen molar-refractivity contribution in [2.75, 3.05) is 39.3 Å². The van der Waals surface area contributed by atoms with E-state index in [1.807, 2.05) is 6.07 Å². The monoisotopic (exact) mass is 334 g/mol. The molecule has 4 bridgehead atoms. The van der Waals surface area contributed by atoms with E-state index in [-0.39, 0.29) is 10.8 Å². The number of hydrogen-bond acceptors (Lipinski definition) is 3. The Labute approximate surface area is 128 Å². The zero-order chi connectivity index (χ0) is 14.0. The fourth-order valence-corrected chi connectivity index (χ4v) is 5.23. The van der Waals surface area contributed by atoms with Gasteiger partial charge < -0.3 is 0 Å². The van der Waals surface area contributed by atoms with Gasteiger partial charge in [-0.25, -0.2) is 0 Å². The highest BCUT2D eigenvalue weighted by atomic mass is 79.9. The van der Waals surface area contributed by atoms with Gasteiger partial charge in [-0.15, -0.1) is 0 Å². The molecule has 2 unspecified atom stereocenters. The van der Waals surface area contributed by atoms with Gasteiger partial charge in [0.05, 0.1) is 10.8 Å². The van der Waals surface area contributed by atoms with E-state index in [2.05, 4.69) is 50.9 Å². The maximum absolute atomic E-state index is 13.2. The van der Waals surface area contributed by atoms with Crippen molar-refractivity contribution in [3.63, 3.8) is 0 Å². The molecular formula is C16H19BrN2O. The number of rotatable bonds is 1. The standard InChI is InChI=1S/C16H19BrN2O/c1-15-8-18-6-7-19(9-15)11-16(10-18,14(15)20)12-4-2-3-5-13(12)17/h2-5H,6-11H2,1H3. The Morgan fingerprint density at radius 3 is 2.25 bits per heavy atom. The van der Waals surface area contributed by atoms with Gasteiger partial charge in [0.25, 0.3) is 0 Å². The number of benzene rings is 1. The largest absolute Gasteiger partial charge is 0.300 e. The van der Waals surface area contributed by atoms with Gasteiger partial charge in [-0.1, -0.05) is 41.1 Å². The summed E-state index contributed by atoms with van der Waals surface area (Å²) in [5.74, 6) is 0.450. The van der Waals surface area contributed by atoms with E-state index in [4.69, 9.17) is 0 Å². The van der Waals surface area contributed by atoms with Crippen LogP contribution in [0.2, 0.25) is 0 Å². The number of Topliss-reactive ketones (excluding diaryl/α,β-unsaturated/α-hetero) is 1. The lowest BCUT2D eigenvalue weighted by atomic mass is 9.61. The number of piperidine rings is 2. The molecule has 0 N–H and O–H groups in total. The minimum atomic E-state index is -0.345. The summed E-state index contributed by atoms with van der Waals surface area (Å²) in [6, 6.07) is 8.26. The third-order valence-corrected chi connectivity index (χ3v) is 5.93. The van der Waals surface area contributed by atoms with E-state index in [9.17, 15) is 4.79 Å². The molecule has 4 heteroatoms. The number of halogens is 1. The lowest BCUT2D eigenvalue weighted by Gasteiger charge is -2.53. The number of hydrogen-bond donors (Lipinski definition) is 0. The Morgan fingerprint density at radius 2 is 1.65 bits per heavy atom. The molecule has 5 rings (SSSR count). The summed E-state index contributed by atoms with van der Waals surface area (Å²) >= 11 is 3.67. The highest BCUT2D eigenvalue weighted by Gasteiger charge is 2.60. The first kappa shape index (κ1) is 13.0. The summed E-state index contributed by atoms with van der Waals surface area (Å²) in [5, 5.41) is 0. The quantitative estimate of drug-likeness (QED) is 0.783. The Morgan fingerprint density at radius 1 is 1.05 bits per heavy atom. The molecule has 2 atom stereocenters. The van der Waals surface area contributed by atoms with E-state index in [0.717, 1.165) is 43.7 Å². The second kappa shape index (κ2) is 4.15. The Hall–Kier alpha value is -0.710. The molecule has 4 heterocycles. The molecule has 0 amide bonds. The molecule has 4 saturated heterocycles. The van der Waals surface area contributed by atoms with Gasteiger partial charge in [-0.2, -0.15) is 0 Å². The topological polar surface area (TPSA) is 23.6 Å². The van der Waals surface area contributed by atoms with Crippen molar-refractivity contribution in [3.05, 3.63) is 34.3 Å². The Balaban J connectivity index is 1.92. The maximum Gasteiger partial charge on any atom is 0.154 e. The van der Waals surface area contributed by atoms with Crippen molar-refractivity contribution in [1.82, 2.24) is 9.80 Å². The molecule has 4 aliphatic heterocycles. The van der Waals surface area contributed by atoms with Crippen LogP contribution in [0.1, 0.15) is 12.5 Å². The minimum absolute atomic E-state index is 0.206. The number of carbonyl (C=O) groups excluding carboxylic acids is 1. The SMILES string of the molecule is CC12CN3CCN(C1)CC(c1ccccc1Br)(C3)C2=O. The van der Waals surface area contributed by atoms with Crippen molar-refractivity contribution in [3.8, 4) is 0 Å². The van der Waals surface area contributed by atoms with Gasteiger partial charge in [0.2, 0.25) is 0 Å². The van der Waals surface area contributed by atoms with Crippen LogP contribution >= 0.6 is 15.9 Å². The lowest BCUT2D eigenvalue weighted by Crippen LogP contribution is -2.68. The average Bonchev–Trinajstić information content (AvgIpc) is 2.63. The number of carbonyl (C=O) groups is 1. The average molecular weight is 335 g/mol. The zero-order valence-corrected chi connectivity index (χ0v) is 13.3. The molecule has 3 nitrogen and oxygen atoms in total. The summed E-state index contributed by atoms with van der Waals surface area (Å²) < 4.78 is 1.07. The predicted octanol–water partition coefficient (Wildman–Crippen LogP) is 1.91. The molecule has 4 fully saturated rings. The fraction of sp³-hybridized carbons (Fsp3) is 0.562. The van der Waals surface area contributed by atoms with Crippen molar-refractivity contribution < 1.29 is 4.79 Å². The van der Waals surface area contributed by atoms with Crippen LogP contribution in [0.3, 0.4) is 0 Å². The van der Waals surface area contributed by atoms with E-state index >= 15 is 0 Å². The molecule has 0 aliphatic carbocycles. The first-order chi connectivity index (χ1) is 9.53. The summed E-state index contributed by atoms with van der Waals surface area (Å²) in [7, 11) is 0. The van der Waals surface area contributed by atoms with E-state index in [1.54, 1.807) is 0 Å². The second-order valence-corrected chi connectivity index (χ2v) is 7.73. The third kappa shape index (κ3) is 1.62. The maximum atomic E-state index is 13.2. The van der Waals surface area contributed by atoms with Gasteiger partial charge in [0.1, 0.15) is 0 Å². The van der Waals surface area contributed by atoms with E-state index in [1.165, 1.54) is 5.56 Å². The van der Waals surface area contributed by atoms with Crippen molar-refractivity contribution >= 4 is 21.7 Å². The van der Waals surface area contributed by atoms with Crippen LogP contribution in [0.5, 0.6) is 0 Å². The number of nitrogens with zero attached hydrogens (tertiary/aromatic N) is 2. The molecule has 20 heavy (non-hydrogen) atoms. The molecule has 0 spiro atoms. The van der Waals surface area contributed by atoms with Crippen LogP contribution in [-0.4, -0.2) is 54.9 Å². The first-order valence-corrected chi connectivity index (χ1v) is 8.08. The van der Waals surface area contributed by atoms with Crippen LogP contribution in [0.4, 0.5) is 0 Å². The highest BCUT2D eigenvalue weighted by Crippen LogP contribution is 2.47. The molecule has 1 aromatic rings. The molecular weight excluding hydrogens is 316 g/mol. The molecule has 106 valence electrons. The second-order valence-electron chi connectivity index (χ2n) is 6.87. The summed E-state index contributed by atoms with van der Waals surface area (Å²) in [4.78, 5) is 18.2. The summed E-state index contributed by atoms with van der Waals surface area (Å²) in [5.41, 5.74) is 0.622. The number of fused-ring (bicyclic) bond motifs is 1. The molecule has 0 aromatic heterocycles. The van der Waals surface area contributed by atoms with Gasteiger partial charge in [0.15, 0.2) is 5.78 Å². The molecule has 0 saturated carbocycles.